The molecule has 3 N–H and O–H groups in total. The van der Waals surface area contributed by atoms with Crippen LogP contribution in [0.5, 0.6) is 6.01 Å². The quantitative estimate of drug-likeness (QED) is 0.251. The summed E-state index contributed by atoms with van der Waals surface area (Å²) < 4.78 is 82.1. The summed E-state index contributed by atoms with van der Waals surface area (Å²) in [5, 5.41) is 3.44. The number of rotatable bonds is 5. The van der Waals surface area contributed by atoms with Crippen LogP contribution in [0.1, 0.15) is 50.5 Å². The molecule has 2 aromatic heterocycles. The summed E-state index contributed by atoms with van der Waals surface area (Å²) in [7, 11) is 0. The second kappa shape index (κ2) is 10.6. The predicted molar refractivity (Wildman–Crippen MR) is 163 cm³/mol. The summed E-state index contributed by atoms with van der Waals surface area (Å²) in [5.74, 6) is -1.67. The first-order valence-corrected chi connectivity index (χ1v) is 16.3. The van der Waals surface area contributed by atoms with Gasteiger partial charge in [-0.05, 0) is 69.8 Å². The number of alkyl halides is 3. The van der Waals surface area contributed by atoms with Crippen molar-refractivity contribution in [1.82, 2.24) is 25.2 Å². The third kappa shape index (κ3) is 4.87. The van der Waals surface area contributed by atoms with E-state index in [9.17, 15) is 17.6 Å². The summed E-state index contributed by atoms with van der Waals surface area (Å²) in [4.78, 5) is 17.6. The molecule has 4 aliphatic rings. The minimum Gasteiger partial charge on any atom is -0.461 e. The number of halogens is 5. The van der Waals surface area contributed by atoms with E-state index in [1.807, 2.05) is 4.90 Å². The molecule has 2 aromatic carbocycles. The Morgan fingerprint density at radius 3 is 2.53 bits per heavy atom. The van der Waals surface area contributed by atoms with Crippen molar-refractivity contribution in [3.63, 3.8) is 0 Å². The number of aromatic nitrogens is 3. The molecule has 2 bridgehead atoms. The molecular weight excluding hydrogens is 613 g/mol. The van der Waals surface area contributed by atoms with E-state index in [-0.39, 0.29) is 61.3 Å². The van der Waals surface area contributed by atoms with Gasteiger partial charge in [-0.3, -0.25) is 4.90 Å². The van der Waals surface area contributed by atoms with Crippen LogP contribution in [0, 0.1) is 11.6 Å². The molecule has 8 rings (SSSR count). The van der Waals surface area contributed by atoms with Gasteiger partial charge in [0.05, 0.1) is 21.3 Å². The first kappa shape index (κ1) is 29.1. The highest BCUT2D eigenvalue weighted by Gasteiger charge is 2.44. The van der Waals surface area contributed by atoms with Crippen LogP contribution in [0.25, 0.3) is 32.2 Å². The fourth-order valence-corrected chi connectivity index (χ4v) is 8.73. The third-order valence-electron chi connectivity index (χ3n) is 10.0. The first-order chi connectivity index (χ1) is 21.6. The Morgan fingerprint density at radius 2 is 1.76 bits per heavy atom. The maximum absolute atomic E-state index is 16.8. The number of fused-ring (bicyclic) bond motifs is 5. The molecule has 45 heavy (non-hydrogen) atoms. The average Bonchev–Trinajstić information content (AvgIpc) is 3.72. The molecule has 0 aliphatic carbocycles. The molecule has 4 fully saturated rings. The fraction of sp³-hybridized carbons (Fsp3) is 0.516. The van der Waals surface area contributed by atoms with E-state index in [0.29, 0.717) is 19.7 Å². The van der Waals surface area contributed by atoms with E-state index >= 15 is 4.39 Å². The molecule has 4 saturated heterocycles. The van der Waals surface area contributed by atoms with Crippen molar-refractivity contribution in [1.29, 1.82) is 0 Å². The van der Waals surface area contributed by atoms with Crippen LogP contribution in [-0.2, 0) is 6.18 Å². The number of benzene rings is 2. The summed E-state index contributed by atoms with van der Waals surface area (Å²) in [6.07, 6.45) is 2.14. The van der Waals surface area contributed by atoms with Gasteiger partial charge in [-0.1, -0.05) is 17.8 Å². The van der Waals surface area contributed by atoms with Gasteiger partial charge in [0.2, 0.25) is 0 Å². The standard InChI is InChI=1S/C31H32F5N7OS/c32-21-7-6-18(25-26(21)45-28(37)39-25)22-20(31(34,35)36)12-19-24(23(22)33)40-29(41-27(19)42-13-16-4-5-17(14-42)38-16)44-15-30-8-1-2-10-43(30)11-3-9-30/h6-7,12,16-17,38H,1-5,8-11,13-15H2,(H2,37,39). The topological polar surface area (TPSA) is 92.4 Å². The Labute approximate surface area is 259 Å². The Bertz CT molecular complexity index is 1800. The highest BCUT2D eigenvalue weighted by atomic mass is 32.1. The molecule has 238 valence electrons. The number of ether oxygens (including phenoxy) is 1. The SMILES string of the molecule is Nc1nc2c(-c3c(C(F)(F)F)cc4c(N5CC6CCC(C5)N6)nc(OCC56CCCCN5CCC6)nc4c3F)ccc(F)c2s1. The largest absolute Gasteiger partial charge is 0.461 e. The van der Waals surface area contributed by atoms with Gasteiger partial charge in [-0.15, -0.1) is 0 Å². The normalized spacial score (nSPS) is 25.4. The number of nitrogens with zero attached hydrogens (tertiary/aromatic N) is 5. The van der Waals surface area contributed by atoms with Crippen molar-refractivity contribution in [3.8, 4) is 17.1 Å². The first-order valence-electron chi connectivity index (χ1n) is 15.4. The third-order valence-corrected chi connectivity index (χ3v) is 10.9. The van der Waals surface area contributed by atoms with E-state index in [2.05, 4.69) is 25.2 Å². The smallest absolute Gasteiger partial charge is 0.417 e. The molecule has 14 heteroatoms. The molecule has 6 heterocycles. The van der Waals surface area contributed by atoms with E-state index < -0.39 is 28.9 Å². The van der Waals surface area contributed by atoms with E-state index in [1.54, 1.807) is 0 Å². The van der Waals surface area contributed by atoms with Crippen molar-refractivity contribution in [3.05, 3.63) is 35.4 Å². The number of hydrogen-bond donors (Lipinski definition) is 2. The van der Waals surface area contributed by atoms with Crippen molar-refractivity contribution >= 4 is 43.4 Å². The van der Waals surface area contributed by atoms with Crippen molar-refractivity contribution in [2.45, 2.75) is 68.7 Å². The van der Waals surface area contributed by atoms with Crippen molar-refractivity contribution < 1.29 is 26.7 Å². The van der Waals surface area contributed by atoms with Gasteiger partial charge in [0.15, 0.2) is 10.9 Å². The minimum atomic E-state index is -4.95. The summed E-state index contributed by atoms with van der Waals surface area (Å²) in [6.45, 7) is 3.32. The number of piperazine rings is 1. The number of thiazole rings is 1. The average molecular weight is 646 g/mol. The Morgan fingerprint density at radius 1 is 1.00 bits per heavy atom. The summed E-state index contributed by atoms with van der Waals surface area (Å²) in [5.41, 5.74) is 3.06. The van der Waals surface area contributed by atoms with Crippen LogP contribution in [0.4, 0.5) is 32.9 Å². The van der Waals surface area contributed by atoms with Crippen molar-refractivity contribution in [2.24, 2.45) is 0 Å². The van der Waals surface area contributed by atoms with Gasteiger partial charge in [-0.25, -0.2) is 13.8 Å². The molecule has 8 nitrogen and oxygen atoms in total. The van der Waals surface area contributed by atoms with Gasteiger partial charge >= 0.3 is 12.2 Å². The van der Waals surface area contributed by atoms with Gasteiger partial charge in [0, 0.05) is 41.7 Å². The molecule has 4 aliphatic heterocycles. The van der Waals surface area contributed by atoms with Crippen LogP contribution in [0.3, 0.4) is 0 Å². The van der Waals surface area contributed by atoms with E-state index in [4.69, 9.17) is 10.5 Å². The number of nitrogen functional groups attached to an aromatic ring is 1. The van der Waals surface area contributed by atoms with Gasteiger partial charge < -0.3 is 20.7 Å². The van der Waals surface area contributed by atoms with Crippen LogP contribution in [0.2, 0.25) is 0 Å². The van der Waals surface area contributed by atoms with Crippen LogP contribution >= 0.6 is 11.3 Å². The van der Waals surface area contributed by atoms with Gasteiger partial charge in [0.1, 0.15) is 23.8 Å². The van der Waals surface area contributed by atoms with Crippen LogP contribution in [0.15, 0.2) is 18.2 Å². The Balaban J connectivity index is 1.32. The highest BCUT2D eigenvalue weighted by Crippen LogP contribution is 2.46. The Hall–Kier alpha value is -3.36. The van der Waals surface area contributed by atoms with E-state index in [0.717, 1.165) is 87.6 Å². The molecule has 3 atom stereocenters. The van der Waals surface area contributed by atoms with Crippen molar-refractivity contribution in [2.75, 3.05) is 43.4 Å². The molecule has 0 spiro atoms. The molecular formula is C31H32F5N7OS. The molecule has 3 unspecified atom stereocenters. The fourth-order valence-electron chi connectivity index (χ4n) is 7.96. The number of anilines is 2. The zero-order valence-electron chi connectivity index (χ0n) is 24.4. The lowest BCUT2D eigenvalue weighted by atomic mass is 9.87. The second-order valence-corrected chi connectivity index (χ2v) is 13.8. The minimum absolute atomic E-state index is 0.0391. The van der Waals surface area contributed by atoms with Gasteiger partial charge in [-0.2, -0.15) is 23.1 Å². The number of hydrogen-bond acceptors (Lipinski definition) is 9. The number of piperidine rings is 1. The number of nitrogens with two attached hydrogens (primary N) is 1. The lowest BCUT2D eigenvalue weighted by Crippen LogP contribution is -2.52. The molecule has 0 radical (unpaired) electrons. The Kier molecular flexibility index (Phi) is 6.84. The summed E-state index contributed by atoms with van der Waals surface area (Å²) in [6, 6.07) is 3.27. The molecule has 0 amide bonds. The molecule has 0 saturated carbocycles. The lowest BCUT2D eigenvalue weighted by Gasteiger charge is -2.41. The highest BCUT2D eigenvalue weighted by molar-refractivity contribution is 7.22. The maximum Gasteiger partial charge on any atom is 0.417 e. The zero-order chi connectivity index (χ0) is 31.1. The van der Waals surface area contributed by atoms with E-state index in [1.165, 1.54) is 0 Å². The van der Waals surface area contributed by atoms with Crippen LogP contribution < -0.4 is 20.7 Å². The second-order valence-electron chi connectivity index (χ2n) is 12.8. The van der Waals surface area contributed by atoms with Gasteiger partial charge in [0.25, 0.3) is 0 Å². The number of nitrogens with one attached hydrogen (secondary N) is 1. The monoisotopic (exact) mass is 645 g/mol. The van der Waals surface area contributed by atoms with Crippen LogP contribution in [-0.4, -0.2) is 70.3 Å². The maximum atomic E-state index is 16.8. The predicted octanol–water partition coefficient (Wildman–Crippen LogP) is 6.12. The molecule has 4 aromatic rings. The zero-order valence-corrected chi connectivity index (χ0v) is 25.2. The summed E-state index contributed by atoms with van der Waals surface area (Å²) >= 11 is 0.793. The lowest BCUT2D eigenvalue weighted by molar-refractivity contribution is -0.137.